The lowest BCUT2D eigenvalue weighted by Crippen LogP contribution is -2.18. The third-order valence-electron chi connectivity index (χ3n) is 4.47. The maximum absolute atomic E-state index is 11.1. The first kappa shape index (κ1) is 15.4. The summed E-state index contributed by atoms with van der Waals surface area (Å²) in [6, 6.07) is 12.8. The number of hydrogen-bond donors (Lipinski definition) is 2. The molecular formula is C19H18N4O2. The number of anilines is 1. The Kier molecular flexibility index (Phi) is 3.93. The van der Waals surface area contributed by atoms with Crippen molar-refractivity contribution in [1.82, 2.24) is 15.2 Å². The Hall–Kier alpha value is -3.15. The highest BCUT2D eigenvalue weighted by atomic mass is 16.4. The number of aromatic nitrogens is 3. The number of carboxylic acids is 1. The van der Waals surface area contributed by atoms with Gasteiger partial charge in [0.25, 0.3) is 0 Å². The van der Waals surface area contributed by atoms with Crippen LogP contribution in [0.25, 0.3) is 22.5 Å². The van der Waals surface area contributed by atoms with Gasteiger partial charge in [0.05, 0.1) is 17.0 Å². The van der Waals surface area contributed by atoms with Crippen molar-refractivity contribution in [2.45, 2.75) is 12.8 Å². The Morgan fingerprint density at radius 3 is 2.64 bits per heavy atom. The number of aromatic carboxylic acids is 1. The van der Waals surface area contributed by atoms with Crippen LogP contribution in [0.4, 0.5) is 5.82 Å². The quantitative estimate of drug-likeness (QED) is 0.764. The van der Waals surface area contributed by atoms with Crippen LogP contribution in [0.1, 0.15) is 23.2 Å². The topological polar surface area (TPSA) is 82.1 Å². The smallest absolute Gasteiger partial charge is 0.335 e. The molecule has 1 aliphatic heterocycles. The Labute approximate surface area is 145 Å². The minimum Gasteiger partial charge on any atom is -0.478 e. The number of aromatic amines is 1. The van der Waals surface area contributed by atoms with Crippen molar-refractivity contribution in [2.75, 3.05) is 18.0 Å². The molecule has 2 N–H and O–H groups in total. The van der Waals surface area contributed by atoms with Crippen LogP contribution >= 0.6 is 0 Å². The molecule has 3 aromatic rings. The molecule has 1 fully saturated rings. The molecule has 4 rings (SSSR count). The zero-order valence-electron chi connectivity index (χ0n) is 13.6. The fourth-order valence-corrected chi connectivity index (χ4v) is 3.11. The summed E-state index contributed by atoms with van der Waals surface area (Å²) in [5, 5.41) is 16.4. The minimum absolute atomic E-state index is 0.255. The van der Waals surface area contributed by atoms with Crippen molar-refractivity contribution in [3.05, 3.63) is 54.2 Å². The summed E-state index contributed by atoms with van der Waals surface area (Å²) in [5.41, 5.74) is 3.54. The van der Waals surface area contributed by atoms with Crippen LogP contribution in [0.2, 0.25) is 0 Å². The van der Waals surface area contributed by atoms with Crippen molar-refractivity contribution in [3.8, 4) is 22.5 Å². The fraction of sp³-hybridized carbons (Fsp3) is 0.211. The molecule has 0 radical (unpaired) electrons. The minimum atomic E-state index is -0.941. The number of hydrogen-bond acceptors (Lipinski definition) is 4. The van der Waals surface area contributed by atoms with Crippen molar-refractivity contribution < 1.29 is 9.90 Å². The first-order chi connectivity index (χ1) is 12.2. The standard InChI is InChI=1S/C19H18N4O2/c24-19(25)14-5-3-4-13(10-14)16-11-17(22-21-16)15-6-7-18(20-12-15)23-8-1-2-9-23/h3-7,10-12H,1-2,8-9H2,(H,21,22)(H,24,25). The maximum Gasteiger partial charge on any atom is 0.335 e. The van der Waals surface area contributed by atoms with Crippen molar-refractivity contribution in [1.29, 1.82) is 0 Å². The maximum atomic E-state index is 11.1. The Morgan fingerprint density at radius 2 is 1.92 bits per heavy atom. The number of rotatable bonds is 4. The molecular weight excluding hydrogens is 316 g/mol. The molecule has 1 saturated heterocycles. The lowest BCUT2D eigenvalue weighted by molar-refractivity contribution is 0.0697. The highest BCUT2D eigenvalue weighted by Crippen LogP contribution is 2.26. The molecule has 0 saturated carbocycles. The summed E-state index contributed by atoms with van der Waals surface area (Å²) in [5.74, 6) is 0.0643. The number of carboxylic acid groups (broad SMARTS) is 1. The molecule has 0 aliphatic carbocycles. The van der Waals surface area contributed by atoms with E-state index < -0.39 is 5.97 Å². The Balaban J connectivity index is 1.58. The summed E-state index contributed by atoms with van der Waals surface area (Å²) in [6.45, 7) is 2.14. The van der Waals surface area contributed by atoms with Crippen molar-refractivity contribution in [3.63, 3.8) is 0 Å². The van der Waals surface area contributed by atoms with Crippen LogP contribution in [-0.4, -0.2) is 39.3 Å². The average Bonchev–Trinajstić information content (AvgIpc) is 3.34. The van der Waals surface area contributed by atoms with Gasteiger partial charge in [-0.3, -0.25) is 5.10 Å². The summed E-state index contributed by atoms with van der Waals surface area (Å²) in [4.78, 5) is 18.0. The molecule has 6 heteroatoms. The molecule has 0 amide bonds. The molecule has 0 unspecified atom stereocenters. The number of nitrogens with zero attached hydrogens (tertiary/aromatic N) is 3. The van der Waals surface area contributed by atoms with E-state index in [9.17, 15) is 4.79 Å². The molecule has 3 heterocycles. The monoisotopic (exact) mass is 334 g/mol. The van der Waals surface area contributed by atoms with E-state index >= 15 is 0 Å². The third-order valence-corrected chi connectivity index (χ3v) is 4.47. The van der Waals surface area contributed by atoms with Gasteiger partial charge in [-0.1, -0.05) is 12.1 Å². The van der Waals surface area contributed by atoms with Gasteiger partial charge in [0.15, 0.2) is 0 Å². The molecule has 6 nitrogen and oxygen atoms in total. The van der Waals surface area contributed by atoms with E-state index in [1.165, 1.54) is 12.8 Å². The lowest BCUT2D eigenvalue weighted by atomic mass is 10.1. The first-order valence-corrected chi connectivity index (χ1v) is 8.31. The molecule has 2 aromatic heterocycles. The number of pyridine rings is 1. The zero-order chi connectivity index (χ0) is 17.2. The molecule has 25 heavy (non-hydrogen) atoms. The van der Waals surface area contributed by atoms with Crippen LogP contribution in [0.3, 0.4) is 0 Å². The van der Waals surface area contributed by atoms with Gasteiger partial charge in [0, 0.05) is 30.4 Å². The van der Waals surface area contributed by atoms with E-state index in [4.69, 9.17) is 5.11 Å². The first-order valence-electron chi connectivity index (χ1n) is 8.31. The molecule has 0 spiro atoms. The van der Waals surface area contributed by atoms with Gasteiger partial charge < -0.3 is 10.0 Å². The van der Waals surface area contributed by atoms with E-state index in [0.717, 1.165) is 41.4 Å². The van der Waals surface area contributed by atoms with Crippen molar-refractivity contribution in [2.24, 2.45) is 0 Å². The second-order valence-corrected chi connectivity index (χ2v) is 6.15. The molecule has 1 aliphatic rings. The highest BCUT2D eigenvalue weighted by Gasteiger charge is 2.14. The van der Waals surface area contributed by atoms with E-state index in [1.54, 1.807) is 18.2 Å². The number of H-pyrrole nitrogens is 1. The van der Waals surface area contributed by atoms with Crippen LogP contribution in [0, 0.1) is 0 Å². The van der Waals surface area contributed by atoms with Gasteiger partial charge >= 0.3 is 5.97 Å². The fourth-order valence-electron chi connectivity index (χ4n) is 3.11. The Morgan fingerprint density at radius 1 is 1.08 bits per heavy atom. The van der Waals surface area contributed by atoms with Gasteiger partial charge in [-0.05, 0) is 43.2 Å². The van der Waals surface area contributed by atoms with Crippen LogP contribution in [0.15, 0.2) is 48.7 Å². The largest absolute Gasteiger partial charge is 0.478 e. The summed E-state index contributed by atoms with van der Waals surface area (Å²) >= 11 is 0. The van der Waals surface area contributed by atoms with E-state index in [0.29, 0.717) is 0 Å². The van der Waals surface area contributed by atoms with Gasteiger partial charge in [-0.2, -0.15) is 5.10 Å². The number of benzene rings is 1. The Bertz CT molecular complexity index is 896. The molecule has 1 aromatic carbocycles. The van der Waals surface area contributed by atoms with Gasteiger partial charge in [-0.25, -0.2) is 9.78 Å². The zero-order valence-corrected chi connectivity index (χ0v) is 13.6. The van der Waals surface area contributed by atoms with E-state index in [2.05, 4.69) is 20.1 Å². The summed E-state index contributed by atoms with van der Waals surface area (Å²) in [6.07, 6.45) is 4.28. The third kappa shape index (κ3) is 3.10. The summed E-state index contributed by atoms with van der Waals surface area (Å²) in [7, 11) is 0. The van der Waals surface area contributed by atoms with Gasteiger partial charge in [0.2, 0.25) is 0 Å². The van der Waals surface area contributed by atoms with Gasteiger partial charge in [-0.15, -0.1) is 0 Å². The lowest BCUT2D eigenvalue weighted by Gasteiger charge is -2.15. The second kappa shape index (κ2) is 6.39. The predicted molar refractivity (Wildman–Crippen MR) is 95.7 cm³/mol. The van der Waals surface area contributed by atoms with Crippen LogP contribution in [0.5, 0.6) is 0 Å². The van der Waals surface area contributed by atoms with E-state index in [-0.39, 0.29) is 5.56 Å². The van der Waals surface area contributed by atoms with Crippen LogP contribution in [-0.2, 0) is 0 Å². The molecule has 0 atom stereocenters. The highest BCUT2D eigenvalue weighted by molar-refractivity contribution is 5.89. The number of carbonyl (C=O) groups is 1. The molecule has 126 valence electrons. The summed E-state index contributed by atoms with van der Waals surface area (Å²) < 4.78 is 0. The number of nitrogens with one attached hydrogen (secondary N) is 1. The van der Waals surface area contributed by atoms with Gasteiger partial charge in [0.1, 0.15) is 5.82 Å². The van der Waals surface area contributed by atoms with Crippen molar-refractivity contribution >= 4 is 11.8 Å². The second-order valence-electron chi connectivity index (χ2n) is 6.15. The SMILES string of the molecule is O=C(O)c1cccc(-c2cc(-c3ccc(N4CCCC4)nc3)n[nH]2)c1. The predicted octanol–water partition coefficient (Wildman–Crippen LogP) is 3.44. The van der Waals surface area contributed by atoms with E-state index in [1.807, 2.05) is 30.5 Å². The van der Waals surface area contributed by atoms with Crippen LogP contribution < -0.4 is 4.90 Å². The average molecular weight is 334 g/mol. The molecule has 0 bridgehead atoms. The normalized spacial score (nSPS) is 14.0.